The molecule has 3 aromatic carbocycles. The van der Waals surface area contributed by atoms with E-state index in [9.17, 15) is 9.59 Å². The fourth-order valence-corrected chi connectivity index (χ4v) is 6.11. The summed E-state index contributed by atoms with van der Waals surface area (Å²) in [4.78, 5) is 34.2. The van der Waals surface area contributed by atoms with Crippen molar-refractivity contribution in [3.8, 4) is 11.5 Å². The van der Waals surface area contributed by atoms with Crippen molar-refractivity contribution < 1.29 is 19.1 Å². The van der Waals surface area contributed by atoms with Crippen molar-refractivity contribution in [2.24, 2.45) is 5.73 Å². The highest BCUT2D eigenvalue weighted by atomic mass is 16.5. The normalized spacial score (nSPS) is 17.0. The number of fused-ring (bicyclic) bond motifs is 1. The van der Waals surface area contributed by atoms with Gasteiger partial charge in [-0.05, 0) is 68.1 Å². The number of unbranched alkanes of at least 4 members (excludes halogenated alkanes) is 1. The molecule has 2 heterocycles. The standard InChI is InChI=1S/C33H40N4O4/c1-23(24-10-5-4-6-11-24)35-18-20-36(21-19-35)28-14-9-12-26-31(28)33(39)37(32(26)38)27(13-7-8-17-34)25-15-16-29(40-2)30(22-25)41-3/h4-6,9-12,14-16,22-23,27H,7-8,13,17-21,34H2,1-3H3. The van der Waals surface area contributed by atoms with Crippen LogP contribution in [-0.2, 0) is 0 Å². The van der Waals surface area contributed by atoms with E-state index in [1.807, 2.05) is 36.4 Å². The summed E-state index contributed by atoms with van der Waals surface area (Å²) in [5, 5.41) is 0. The fraction of sp³-hybridized carbons (Fsp3) is 0.394. The van der Waals surface area contributed by atoms with Crippen LogP contribution in [0.1, 0.15) is 70.1 Å². The second kappa shape index (κ2) is 12.7. The summed E-state index contributed by atoms with van der Waals surface area (Å²) in [6, 6.07) is 21.6. The maximum Gasteiger partial charge on any atom is 0.264 e. The van der Waals surface area contributed by atoms with Gasteiger partial charge in [-0.25, -0.2) is 0 Å². The van der Waals surface area contributed by atoms with Gasteiger partial charge in [0.2, 0.25) is 0 Å². The lowest BCUT2D eigenvalue weighted by Crippen LogP contribution is -2.47. The minimum atomic E-state index is -0.440. The van der Waals surface area contributed by atoms with Crippen LogP contribution in [0.5, 0.6) is 11.5 Å². The molecule has 5 rings (SSSR count). The summed E-state index contributed by atoms with van der Waals surface area (Å²) >= 11 is 0. The molecule has 0 radical (unpaired) electrons. The Labute approximate surface area is 242 Å². The number of benzene rings is 3. The molecular formula is C33H40N4O4. The number of nitrogens with two attached hydrogens (primary N) is 1. The maximum atomic E-state index is 14.1. The lowest BCUT2D eigenvalue weighted by atomic mass is 9.98. The lowest BCUT2D eigenvalue weighted by molar-refractivity contribution is 0.0571. The number of anilines is 1. The molecule has 0 spiro atoms. The Morgan fingerprint density at radius 1 is 0.805 bits per heavy atom. The van der Waals surface area contributed by atoms with Crippen molar-refractivity contribution in [1.82, 2.24) is 9.80 Å². The molecule has 0 saturated carbocycles. The van der Waals surface area contributed by atoms with E-state index in [1.165, 1.54) is 10.5 Å². The van der Waals surface area contributed by atoms with E-state index in [2.05, 4.69) is 41.0 Å². The van der Waals surface area contributed by atoms with E-state index in [-0.39, 0.29) is 11.8 Å². The highest BCUT2D eigenvalue weighted by molar-refractivity contribution is 6.24. The highest BCUT2D eigenvalue weighted by Crippen LogP contribution is 2.41. The van der Waals surface area contributed by atoms with Gasteiger partial charge in [-0.2, -0.15) is 0 Å². The minimum Gasteiger partial charge on any atom is -0.493 e. The first-order valence-electron chi connectivity index (χ1n) is 14.4. The Morgan fingerprint density at radius 2 is 1.54 bits per heavy atom. The molecule has 2 N–H and O–H groups in total. The SMILES string of the molecule is COc1ccc(C(CCCCN)N2C(=O)c3cccc(N4CCN(C(C)c5ccccc5)CC4)c3C2=O)cc1OC. The summed E-state index contributed by atoms with van der Waals surface area (Å²) in [7, 11) is 3.17. The van der Waals surface area contributed by atoms with Gasteiger partial charge >= 0.3 is 0 Å². The number of amides is 2. The monoisotopic (exact) mass is 556 g/mol. The van der Waals surface area contributed by atoms with Crippen LogP contribution < -0.4 is 20.1 Å². The number of ether oxygens (including phenoxy) is 2. The Kier molecular flexibility index (Phi) is 8.90. The van der Waals surface area contributed by atoms with Gasteiger partial charge in [0, 0.05) is 32.2 Å². The van der Waals surface area contributed by atoms with Crippen LogP contribution in [0, 0.1) is 0 Å². The van der Waals surface area contributed by atoms with Gasteiger partial charge in [0.05, 0.1) is 37.1 Å². The zero-order valence-corrected chi connectivity index (χ0v) is 24.2. The molecular weight excluding hydrogens is 516 g/mol. The molecule has 2 unspecified atom stereocenters. The first kappa shape index (κ1) is 28.6. The topological polar surface area (TPSA) is 88.3 Å². The molecule has 1 saturated heterocycles. The lowest BCUT2D eigenvalue weighted by Gasteiger charge is -2.39. The number of nitrogens with zero attached hydrogens (tertiary/aromatic N) is 3. The average molecular weight is 557 g/mol. The molecule has 3 aromatic rings. The van der Waals surface area contributed by atoms with Crippen LogP contribution >= 0.6 is 0 Å². The molecule has 2 aliphatic heterocycles. The Morgan fingerprint density at radius 3 is 2.22 bits per heavy atom. The van der Waals surface area contributed by atoms with Crippen molar-refractivity contribution in [3.05, 3.63) is 89.0 Å². The predicted molar refractivity (Wildman–Crippen MR) is 161 cm³/mol. The Hall–Kier alpha value is -3.88. The van der Waals surface area contributed by atoms with Crippen LogP contribution in [0.25, 0.3) is 0 Å². The number of carbonyl (C=O) groups is 2. The fourth-order valence-electron chi connectivity index (χ4n) is 6.11. The molecule has 8 heteroatoms. The molecule has 41 heavy (non-hydrogen) atoms. The third-order valence-electron chi connectivity index (χ3n) is 8.44. The average Bonchev–Trinajstić information content (AvgIpc) is 3.28. The van der Waals surface area contributed by atoms with E-state index in [0.29, 0.717) is 41.6 Å². The van der Waals surface area contributed by atoms with Gasteiger partial charge in [0.1, 0.15) is 0 Å². The van der Waals surface area contributed by atoms with Crippen molar-refractivity contribution in [2.45, 2.75) is 38.3 Å². The van der Waals surface area contributed by atoms with Crippen LogP contribution in [0.2, 0.25) is 0 Å². The van der Waals surface area contributed by atoms with Gasteiger partial charge in [0.25, 0.3) is 11.8 Å². The third-order valence-corrected chi connectivity index (χ3v) is 8.44. The number of rotatable bonds is 11. The molecule has 1 fully saturated rings. The maximum absolute atomic E-state index is 14.1. The van der Waals surface area contributed by atoms with Crippen molar-refractivity contribution in [3.63, 3.8) is 0 Å². The number of carbonyl (C=O) groups excluding carboxylic acids is 2. The number of hydrogen-bond acceptors (Lipinski definition) is 7. The largest absolute Gasteiger partial charge is 0.493 e. The summed E-state index contributed by atoms with van der Waals surface area (Å²) in [5.74, 6) is 0.667. The Balaban J connectivity index is 1.40. The van der Waals surface area contributed by atoms with Crippen molar-refractivity contribution in [1.29, 1.82) is 0 Å². The zero-order chi connectivity index (χ0) is 28.9. The predicted octanol–water partition coefficient (Wildman–Crippen LogP) is 5.05. The van der Waals surface area contributed by atoms with E-state index < -0.39 is 6.04 Å². The van der Waals surface area contributed by atoms with E-state index in [1.54, 1.807) is 20.3 Å². The molecule has 2 atom stereocenters. The van der Waals surface area contributed by atoms with Gasteiger partial charge in [-0.3, -0.25) is 19.4 Å². The second-order valence-corrected chi connectivity index (χ2v) is 10.7. The summed E-state index contributed by atoms with van der Waals surface area (Å²) < 4.78 is 11.0. The van der Waals surface area contributed by atoms with E-state index in [0.717, 1.165) is 50.3 Å². The van der Waals surface area contributed by atoms with Gasteiger partial charge in [-0.15, -0.1) is 0 Å². The minimum absolute atomic E-state index is 0.242. The van der Waals surface area contributed by atoms with E-state index in [4.69, 9.17) is 15.2 Å². The van der Waals surface area contributed by atoms with Crippen LogP contribution in [0.4, 0.5) is 5.69 Å². The number of piperazine rings is 1. The smallest absolute Gasteiger partial charge is 0.264 e. The first-order valence-corrected chi connectivity index (χ1v) is 14.4. The van der Waals surface area contributed by atoms with Gasteiger partial charge in [-0.1, -0.05) is 42.5 Å². The molecule has 2 amide bonds. The Bertz CT molecular complexity index is 1370. The zero-order valence-electron chi connectivity index (χ0n) is 24.2. The van der Waals surface area contributed by atoms with Gasteiger partial charge < -0.3 is 20.1 Å². The summed E-state index contributed by atoms with van der Waals surface area (Å²) in [5.41, 5.74) is 9.73. The second-order valence-electron chi connectivity index (χ2n) is 10.7. The summed E-state index contributed by atoms with van der Waals surface area (Å²) in [6.07, 6.45) is 2.21. The molecule has 2 aliphatic rings. The van der Waals surface area contributed by atoms with Crippen LogP contribution in [0.3, 0.4) is 0 Å². The molecule has 8 nitrogen and oxygen atoms in total. The summed E-state index contributed by atoms with van der Waals surface area (Å²) in [6.45, 7) is 6.11. The first-order chi connectivity index (χ1) is 20.0. The number of hydrogen-bond donors (Lipinski definition) is 1. The molecule has 0 bridgehead atoms. The van der Waals surface area contributed by atoms with E-state index >= 15 is 0 Å². The highest BCUT2D eigenvalue weighted by Gasteiger charge is 2.43. The quantitative estimate of drug-likeness (QED) is 0.261. The third kappa shape index (κ3) is 5.67. The molecule has 0 aromatic heterocycles. The molecule has 0 aliphatic carbocycles. The van der Waals surface area contributed by atoms with Crippen molar-refractivity contribution >= 4 is 17.5 Å². The van der Waals surface area contributed by atoms with Crippen LogP contribution in [-0.4, -0.2) is 68.6 Å². The van der Waals surface area contributed by atoms with Gasteiger partial charge in [0.15, 0.2) is 11.5 Å². The van der Waals surface area contributed by atoms with Crippen LogP contribution in [0.15, 0.2) is 66.7 Å². The number of methoxy groups -OCH3 is 2. The molecule has 216 valence electrons. The van der Waals surface area contributed by atoms with Crippen molar-refractivity contribution in [2.75, 3.05) is 51.8 Å². The number of imide groups is 1.